The number of methoxy groups -OCH3 is 1. The van der Waals surface area contributed by atoms with Gasteiger partial charge in [-0.15, -0.1) is 0 Å². The van der Waals surface area contributed by atoms with Crippen molar-refractivity contribution in [3.63, 3.8) is 0 Å². The first kappa shape index (κ1) is 31.3. The molecule has 0 aromatic heterocycles. The number of primary amides is 1. The van der Waals surface area contributed by atoms with Gasteiger partial charge >= 0.3 is 0 Å². The maximum absolute atomic E-state index is 14.1. The number of nitrogens with zero attached hydrogens (tertiary/aromatic N) is 1. The number of likely N-dealkylation sites (N-methyl/N-ethyl adjacent to an activating group) is 1. The normalized spacial score (nSPS) is 24.9. The van der Waals surface area contributed by atoms with Gasteiger partial charge in [0.25, 0.3) is 5.91 Å². The fourth-order valence-electron chi connectivity index (χ4n) is 7.50. The van der Waals surface area contributed by atoms with Crippen LogP contribution in [0.5, 0.6) is 11.5 Å². The zero-order chi connectivity index (χ0) is 32.2. The molecule has 2 aromatic rings. The molecule has 44 heavy (non-hydrogen) atoms. The molecule has 1 fully saturated rings. The summed E-state index contributed by atoms with van der Waals surface area (Å²) in [6.45, 7) is 4.33. The summed E-state index contributed by atoms with van der Waals surface area (Å²) in [6.07, 6.45) is 3.17. The summed E-state index contributed by atoms with van der Waals surface area (Å²) in [5.74, 6) is -5.67. The molecule has 6 N–H and O–H groups in total. The van der Waals surface area contributed by atoms with Gasteiger partial charge in [0.2, 0.25) is 5.78 Å². The third-order valence-corrected chi connectivity index (χ3v) is 9.84. The summed E-state index contributed by atoms with van der Waals surface area (Å²) in [7, 11) is 4.72. The van der Waals surface area contributed by atoms with Gasteiger partial charge in [-0.25, -0.2) is 0 Å². The van der Waals surface area contributed by atoms with Gasteiger partial charge in [0.15, 0.2) is 11.4 Å². The number of carbonyl (C=O) groups excluding carboxylic acids is 3. The van der Waals surface area contributed by atoms with Crippen molar-refractivity contribution < 1.29 is 39.5 Å². The van der Waals surface area contributed by atoms with Gasteiger partial charge in [-0.05, 0) is 80.1 Å². The summed E-state index contributed by atoms with van der Waals surface area (Å²) in [5.41, 5.74) is 4.95. The van der Waals surface area contributed by atoms with Crippen LogP contribution >= 0.6 is 0 Å². The average Bonchev–Trinajstić information content (AvgIpc) is 2.97. The van der Waals surface area contributed by atoms with Crippen LogP contribution in [0.4, 0.5) is 0 Å². The Morgan fingerprint density at radius 1 is 1.09 bits per heavy atom. The van der Waals surface area contributed by atoms with Gasteiger partial charge < -0.3 is 30.9 Å². The first-order valence-electron chi connectivity index (χ1n) is 15.0. The van der Waals surface area contributed by atoms with Crippen molar-refractivity contribution in [1.82, 2.24) is 4.90 Å². The molecule has 2 aromatic carbocycles. The molecule has 10 nitrogen and oxygen atoms in total. The summed E-state index contributed by atoms with van der Waals surface area (Å²) < 4.78 is 5.72. The number of Topliss-reactive ketones (excluding diaryl/α,β-unsaturated/α-hetero) is 2. The monoisotopic (exact) mass is 604 g/mol. The first-order valence-corrected chi connectivity index (χ1v) is 15.0. The number of aliphatic hydroxyl groups is 3. The number of aliphatic hydroxyl groups excluding tert-OH is 2. The number of benzene rings is 2. The van der Waals surface area contributed by atoms with Crippen LogP contribution in [-0.2, 0) is 27.2 Å². The van der Waals surface area contributed by atoms with Gasteiger partial charge in [0.05, 0.1) is 18.7 Å². The fourth-order valence-corrected chi connectivity index (χ4v) is 7.50. The minimum atomic E-state index is -2.68. The molecule has 3 aliphatic carbocycles. The highest BCUT2D eigenvalue weighted by molar-refractivity contribution is 6.24. The molecular formula is C34H40N2O8. The number of ether oxygens (including phenoxy) is 1. The Bertz CT molecular complexity index is 1620. The lowest BCUT2D eigenvalue weighted by Crippen LogP contribution is -2.65. The van der Waals surface area contributed by atoms with Crippen molar-refractivity contribution in [2.24, 2.45) is 23.5 Å². The minimum Gasteiger partial charge on any atom is -0.508 e. The maximum Gasteiger partial charge on any atom is 0.255 e. The van der Waals surface area contributed by atoms with Crippen molar-refractivity contribution >= 4 is 23.2 Å². The Balaban J connectivity index is 1.70. The van der Waals surface area contributed by atoms with Crippen LogP contribution < -0.4 is 10.5 Å². The molecular weight excluding hydrogens is 564 g/mol. The molecule has 1 saturated carbocycles. The van der Waals surface area contributed by atoms with Gasteiger partial charge in [0, 0.05) is 17.1 Å². The van der Waals surface area contributed by atoms with Crippen LogP contribution in [0.15, 0.2) is 47.2 Å². The Morgan fingerprint density at radius 2 is 1.77 bits per heavy atom. The number of carbonyl (C=O) groups is 3. The highest BCUT2D eigenvalue weighted by atomic mass is 16.5. The molecule has 0 saturated heterocycles. The number of rotatable bonds is 8. The number of nitrogens with two attached hydrogens (primary N) is 1. The van der Waals surface area contributed by atoms with Gasteiger partial charge in [-0.3, -0.25) is 19.3 Å². The van der Waals surface area contributed by atoms with Gasteiger partial charge in [-0.1, -0.05) is 38.8 Å². The zero-order valence-corrected chi connectivity index (χ0v) is 25.7. The largest absolute Gasteiger partial charge is 0.508 e. The smallest absolute Gasteiger partial charge is 0.255 e. The van der Waals surface area contributed by atoms with E-state index in [1.54, 1.807) is 27.3 Å². The van der Waals surface area contributed by atoms with Crippen molar-refractivity contribution in [2.45, 2.75) is 57.6 Å². The van der Waals surface area contributed by atoms with Crippen LogP contribution in [0.25, 0.3) is 16.9 Å². The lowest BCUT2D eigenvalue weighted by molar-refractivity contribution is -0.153. The second kappa shape index (κ2) is 11.4. The van der Waals surface area contributed by atoms with Crippen LogP contribution in [0, 0.1) is 17.8 Å². The van der Waals surface area contributed by atoms with E-state index < -0.39 is 58.0 Å². The van der Waals surface area contributed by atoms with Crippen LogP contribution in [0.3, 0.4) is 0 Å². The second-order valence-corrected chi connectivity index (χ2v) is 12.4. The Hall–Kier alpha value is -4.15. The summed E-state index contributed by atoms with van der Waals surface area (Å²) in [4.78, 5) is 41.2. The van der Waals surface area contributed by atoms with E-state index in [2.05, 4.69) is 19.9 Å². The number of ketones is 2. The molecule has 0 bridgehead atoms. The fraction of sp³-hybridized carbons (Fsp3) is 0.441. The molecule has 4 atom stereocenters. The molecule has 5 rings (SSSR count). The molecule has 3 aliphatic rings. The van der Waals surface area contributed by atoms with Crippen LogP contribution in [0.1, 0.15) is 49.8 Å². The van der Waals surface area contributed by atoms with Crippen molar-refractivity contribution in [3.05, 3.63) is 63.9 Å². The van der Waals surface area contributed by atoms with E-state index >= 15 is 0 Å². The van der Waals surface area contributed by atoms with Crippen molar-refractivity contribution in [2.75, 3.05) is 21.2 Å². The van der Waals surface area contributed by atoms with Crippen molar-refractivity contribution in [1.29, 1.82) is 0 Å². The van der Waals surface area contributed by atoms with Gasteiger partial charge in [-0.2, -0.15) is 0 Å². The summed E-state index contributed by atoms with van der Waals surface area (Å²) in [6, 6.07) is 8.05. The molecule has 10 heteroatoms. The molecule has 234 valence electrons. The average molecular weight is 605 g/mol. The predicted molar refractivity (Wildman–Crippen MR) is 164 cm³/mol. The van der Waals surface area contributed by atoms with E-state index in [1.807, 2.05) is 12.1 Å². The molecule has 1 amide bonds. The predicted octanol–water partition coefficient (Wildman–Crippen LogP) is 3.62. The third-order valence-electron chi connectivity index (χ3n) is 9.84. The standard InChI is InChI=1S/C34H40N2O8/c1-6-16(7-2)12-17-8-11-24(44-5)20(13-17)19-9-10-23(37)26-21(19)14-18-15-22-28(36(3)4)30(39)27(33(35)42)32(41)34(22,43)31(40)25(18)29(26)38/h8-11,13,16,18,22,28,37-38,41,43H,6-7,12,14-15H2,1-5H3,(H2,35,42)/t18-,22-,28?,34-/m1/s1. The van der Waals surface area contributed by atoms with E-state index in [1.165, 1.54) is 11.0 Å². The highest BCUT2D eigenvalue weighted by Gasteiger charge is 2.64. The molecule has 0 heterocycles. The molecule has 1 unspecified atom stereocenters. The van der Waals surface area contributed by atoms with Crippen molar-refractivity contribution in [3.8, 4) is 22.6 Å². The SMILES string of the molecule is CCC(CC)Cc1ccc(OC)c(-c2ccc(O)c3c2C[C@@H]2C[C@@H]4C(N(C)C)C(=O)C(C(N)=O)=C(O)[C@]4(O)C(=O)C2=C3O)c1. The number of hydrogen-bond donors (Lipinski definition) is 5. The van der Waals surface area contributed by atoms with E-state index in [-0.39, 0.29) is 29.7 Å². The first-order chi connectivity index (χ1) is 20.8. The lowest BCUT2D eigenvalue weighted by atomic mass is 9.57. The number of aromatic hydroxyl groups is 1. The molecule has 0 radical (unpaired) electrons. The number of phenols is 1. The Morgan fingerprint density at radius 3 is 2.36 bits per heavy atom. The van der Waals surface area contributed by atoms with E-state index in [9.17, 15) is 34.8 Å². The maximum atomic E-state index is 14.1. The van der Waals surface area contributed by atoms with Gasteiger partial charge in [0.1, 0.15) is 28.6 Å². The molecule has 0 spiro atoms. The topological polar surface area (TPSA) is 171 Å². The highest BCUT2D eigenvalue weighted by Crippen LogP contribution is 2.54. The summed E-state index contributed by atoms with van der Waals surface area (Å²) >= 11 is 0. The van der Waals surface area contributed by atoms with E-state index in [4.69, 9.17) is 10.5 Å². The number of amides is 1. The summed E-state index contributed by atoms with van der Waals surface area (Å²) in [5, 5.41) is 45.5. The number of phenolic OH excluding ortho intramolecular Hbond substituents is 1. The quantitative estimate of drug-likeness (QED) is 0.282. The lowest BCUT2D eigenvalue weighted by Gasteiger charge is -2.50. The number of fused-ring (bicyclic) bond motifs is 3. The number of hydrogen-bond acceptors (Lipinski definition) is 9. The van der Waals surface area contributed by atoms with Crippen LogP contribution in [-0.4, -0.2) is 75.6 Å². The minimum absolute atomic E-state index is 0.0205. The second-order valence-electron chi connectivity index (χ2n) is 12.4. The molecule has 0 aliphatic heterocycles. The Labute approximate surface area is 256 Å². The third kappa shape index (κ3) is 4.59. The van der Waals surface area contributed by atoms with E-state index in [0.29, 0.717) is 22.8 Å². The Kier molecular flexibility index (Phi) is 8.11. The van der Waals surface area contributed by atoms with E-state index in [0.717, 1.165) is 30.4 Å². The van der Waals surface area contributed by atoms with Crippen LogP contribution in [0.2, 0.25) is 0 Å². The zero-order valence-electron chi connectivity index (χ0n) is 25.7.